The van der Waals surface area contributed by atoms with Gasteiger partial charge in [0, 0.05) is 12.2 Å². The summed E-state index contributed by atoms with van der Waals surface area (Å²) >= 11 is 0. The summed E-state index contributed by atoms with van der Waals surface area (Å²) < 4.78 is 11.0. The number of carbonyl (C=O) groups is 1. The fourth-order valence-corrected chi connectivity index (χ4v) is 3.26. The Morgan fingerprint density at radius 1 is 1.25 bits per heavy atom. The molecular formula is C22H27N3O3. The number of aryl methyl sites for hydroxylation is 1. The van der Waals surface area contributed by atoms with Crippen molar-refractivity contribution in [2.45, 2.75) is 26.2 Å². The maximum atomic E-state index is 12.3. The van der Waals surface area contributed by atoms with Gasteiger partial charge in [0.25, 0.3) is 5.91 Å². The number of carbonyl (C=O) groups excluding carboxylic acids is 1. The molecule has 1 aliphatic rings. The second kappa shape index (κ2) is 9.78. The van der Waals surface area contributed by atoms with E-state index in [-0.39, 0.29) is 5.91 Å². The van der Waals surface area contributed by atoms with Crippen molar-refractivity contribution in [3.8, 4) is 11.5 Å². The summed E-state index contributed by atoms with van der Waals surface area (Å²) in [5.74, 6) is 1.21. The highest BCUT2D eigenvalue weighted by molar-refractivity contribution is 5.85. The van der Waals surface area contributed by atoms with Crippen LogP contribution in [0.25, 0.3) is 0 Å². The Hall–Kier alpha value is -3.02. The Bertz CT molecular complexity index is 836. The molecule has 6 heteroatoms. The summed E-state index contributed by atoms with van der Waals surface area (Å²) in [5.41, 5.74) is 5.88. The zero-order valence-corrected chi connectivity index (χ0v) is 16.5. The molecule has 0 radical (unpaired) electrons. The summed E-state index contributed by atoms with van der Waals surface area (Å²) in [6.07, 6.45) is 4.64. The number of anilines is 1. The summed E-state index contributed by atoms with van der Waals surface area (Å²) in [7, 11) is 1.61. The molecule has 2 aromatic rings. The van der Waals surface area contributed by atoms with Gasteiger partial charge in [-0.1, -0.05) is 25.1 Å². The molecular weight excluding hydrogens is 354 g/mol. The van der Waals surface area contributed by atoms with Gasteiger partial charge in [0.05, 0.1) is 26.5 Å². The van der Waals surface area contributed by atoms with E-state index in [1.54, 1.807) is 13.3 Å². The normalized spacial score (nSPS) is 13.3. The van der Waals surface area contributed by atoms with Crippen molar-refractivity contribution < 1.29 is 14.3 Å². The van der Waals surface area contributed by atoms with Crippen molar-refractivity contribution in [3.63, 3.8) is 0 Å². The second-order valence-corrected chi connectivity index (χ2v) is 6.71. The Labute approximate surface area is 166 Å². The van der Waals surface area contributed by atoms with Gasteiger partial charge < -0.3 is 14.4 Å². The molecule has 0 fully saturated rings. The van der Waals surface area contributed by atoms with Crippen LogP contribution in [-0.2, 0) is 11.2 Å². The van der Waals surface area contributed by atoms with Gasteiger partial charge in [0.15, 0.2) is 11.5 Å². The number of rotatable bonds is 8. The van der Waals surface area contributed by atoms with E-state index in [1.807, 2.05) is 37.3 Å². The Morgan fingerprint density at radius 2 is 2.11 bits per heavy atom. The molecule has 1 amide bonds. The predicted molar refractivity (Wildman–Crippen MR) is 111 cm³/mol. The van der Waals surface area contributed by atoms with Crippen molar-refractivity contribution >= 4 is 17.8 Å². The lowest BCUT2D eigenvalue weighted by atomic mass is 10.0. The lowest BCUT2D eigenvalue weighted by Crippen LogP contribution is -2.38. The van der Waals surface area contributed by atoms with Crippen LogP contribution in [0.3, 0.4) is 0 Å². The standard InChI is InChI=1S/C22H27N3O3/c1-3-13-28-21-14-17(10-11-20(21)27-2)15-23-24-22(26)16-25-12-6-8-18-7-4-5-9-19(18)25/h4-5,7,9-11,14-15H,3,6,8,12-13,16H2,1-2H3,(H,24,26)/b23-15-. The number of ether oxygens (including phenoxy) is 2. The average molecular weight is 381 g/mol. The van der Waals surface area contributed by atoms with Gasteiger partial charge in [-0.05, 0) is 54.7 Å². The number of benzene rings is 2. The van der Waals surface area contributed by atoms with Crippen LogP contribution >= 0.6 is 0 Å². The van der Waals surface area contributed by atoms with E-state index < -0.39 is 0 Å². The number of hydrogen-bond donors (Lipinski definition) is 1. The fourth-order valence-electron chi connectivity index (χ4n) is 3.26. The quantitative estimate of drug-likeness (QED) is 0.562. The maximum Gasteiger partial charge on any atom is 0.259 e. The first-order chi connectivity index (χ1) is 13.7. The zero-order chi connectivity index (χ0) is 19.8. The van der Waals surface area contributed by atoms with Gasteiger partial charge in [0.1, 0.15) is 0 Å². The number of fused-ring (bicyclic) bond motifs is 1. The summed E-state index contributed by atoms with van der Waals surface area (Å²) in [6.45, 7) is 3.84. The molecule has 6 nitrogen and oxygen atoms in total. The third-order valence-electron chi connectivity index (χ3n) is 4.59. The molecule has 1 heterocycles. The van der Waals surface area contributed by atoms with Crippen molar-refractivity contribution in [2.75, 3.05) is 31.7 Å². The summed E-state index contributed by atoms with van der Waals surface area (Å²) in [5, 5.41) is 4.09. The van der Waals surface area contributed by atoms with E-state index in [1.165, 1.54) is 5.56 Å². The highest BCUT2D eigenvalue weighted by atomic mass is 16.5. The van der Waals surface area contributed by atoms with Crippen LogP contribution in [0.15, 0.2) is 47.6 Å². The molecule has 0 aliphatic carbocycles. The molecule has 0 bridgehead atoms. The minimum atomic E-state index is -0.135. The van der Waals surface area contributed by atoms with E-state index in [2.05, 4.69) is 27.6 Å². The molecule has 0 spiro atoms. The van der Waals surface area contributed by atoms with E-state index in [9.17, 15) is 4.79 Å². The van der Waals surface area contributed by atoms with Gasteiger partial charge in [-0.15, -0.1) is 0 Å². The number of para-hydroxylation sites is 1. The van der Waals surface area contributed by atoms with E-state index >= 15 is 0 Å². The number of methoxy groups -OCH3 is 1. The molecule has 1 N–H and O–H groups in total. The molecule has 148 valence electrons. The first-order valence-corrected chi connectivity index (χ1v) is 9.67. The van der Waals surface area contributed by atoms with Crippen molar-refractivity contribution in [2.24, 2.45) is 5.10 Å². The summed E-state index contributed by atoms with van der Waals surface area (Å²) in [4.78, 5) is 14.4. The maximum absolute atomic E-state index is 12.3. The number of amides is 1. The molecule has 0 atom stereocenters. The van der Waals surface area contributed by atoms with Crippen LogP contribution in [0.2, 0.25) is 0 Å². The van der Waals surface area contributed by atoms with Crippen LogP contribution < -0.4 is 19.8 Å². The fraction of sp³-hybridized carbons (Fsp3) is 0.364. The van der Waals surface area contributed by atoms with Crippen molar-refractivity contribution in [1.29, 1.82) is 0 Å². The van der Waals surface area contributed by atoms with Crippen LogP contribution in [0.5, 0.6) is 11.5 Å². The first-order valence-electron chi connectivity index (χ1n) is 9.67. The smallest absolute Gasteiger partial charge is 0.259 e. The van der Waals surface area contributed by atoms with Gasteiger partial charge in [-0.25, -0.2) is 5.43 Å². The molecule has 28 heavy (non-hydrogen) atoms. The Kier molecular flexibility index (Phi) is 6.89. The topological polar surface area (TPSA) is 63.2 Å². The first kappa shape index (κ1) is 19.7. The number of hydrazone groups is 1. The summed E-state index contributed by atoms with van der Waals surface area (Å²) in [6, 6.07) is 13.8. The molecule has 0 aromatic heterocycles. The van der Waals surface area contributed by atoms with Crippen LogP contribution in [0, 0.1) is 0 Å². The lowest BCUT2D eigenvalue weighted by molar-refractivity contribution is -0.119. The molecule has 3 rings (SSSR count). The third kappa shape index (κ3) is 5.03. The highest BCUT2D eigenvalue weighted by Gasteiger charge is 2.18. The largest absolute Gasteiger partial charge is 0.493 e. The predicted octanol–water partition coefficient (Wildman–Crippen LogP) is 3.39. The molecule has 2 aromatic carbocycles. The van der Waals surface area contributed by atoms with E-state index in [0.717, 1.165) is 37.1 Å². The van der Waals surface area contributed by atoms with Crippen LogP contribution in [0.4, 0.5) is 5.69 Å². The van der Waals surface area contributed by atoms with Gasteiger partial charge >= 0.3 is 0 Å². The van der Waals surface area contributed by atoms with Crippen LogP contribution in [-0.4, -0.2) is 38.9 Å². The lowest BCUT2D eigenvalue weighted by Gasteiger charge is -2.30. The number of nitrogens with one attached hydrogen (secondary N) is 1. The number of hydrogen-bond acceptors (Lipinski definition) is 5. The molecule has 0 saturated carbocycles. The Balaban J connectivity index is 1.58. The van der Waals surface area contributed by atoms with Gasteiger partial charge in [-0.2, -0.15) is 5.10 Å². The minimum Gasteiger partial charge on any atom is -0.493 e. The third-order valence-corrected chi connectivity index (χ3v) is 4.59. The monoisotopic (exact) mass is 381 g/mol. The molecule has 0 unspecified atom stereocenters. The minimum absolute atomic E-state index is 0.135. The van der Waals surface area contributed by atoms with Gasteiger partial charge in [-0.3, -0.25) is 4.79 Å². The number of nitrogens with zero attached hydrogens (tertiary/aromatic N) is 2. The second-order valence-electron chi connectivity index (χ2n) is 6.71. The highest BCUT2D eigenvalue weighted by Crippen LogP contribution is 2.28. The van der Waals surface area contributed by atoms with E-state index in [0.29, 0.717) is 24.7 Å². The molecule has 0 saturated heterocycles. The molecule has 1 aliphatic heterocycles. The van der Waals surface area contributed by atoms with Gasteiger partial charge in [0.2, 0.25) is 0 Å². The van der Waals surface area contributed by atoms with Crippen molar-refractivity contribution in [1.82, 2.24) is 5.43 Å². The van der Waals surface area contributed by atoms with E-state index in [4.69, 9.17) is 9.47 Å². The Morgan fingerprint density at radius 3 is 2.93 bits per heavy atom. The zero-order valence-electron chi connectivity index (χ0n) is 16.5. The SMILES string of the molecule is CCCOc1cc(/C=N\NC(=O)CN2CCCc3ccccc32)ccc1OC. The average Bonchev–Trinajstić information content (AvgIpc) is 2.72. The van der Waals surface area contributed by atoms with Crippen molar-refractivity contribution in [3.05, 3.63) is 53.6 Å². The van der Waals surface area contributed by atoms with Crippen LogP contribution in [0.1, 0.15) is 30.9 Å².